The number of hydrogen-bond acceptors (Lipinski definition) is 3. The number of benzene rings is 2. The minimum Gasteiger partial charge on any atom is -0.338 e. The molecule has 7 nitrogen and oxygen atoms in total. The van der Waals surface area contributed by atoms with Crippen molar-refractivity contribution in [1.82, 2.24) is 20.4 Å². The molecule has 0 spiro atoms. The van der Waals surface area contributed by atoms with Crippen LogP contribution in [0.2, 0.25) is 5.02 Å². The fraction of sp³-hybridized carbons (Fsp3) is 0.464. The van der Waals surface area contributed by atoms with Gasteiger partial charge in [-0.15, -0.1) is 0 Å². The Morgan fingerprint density at radius 3 is 2.58 bits per heavy atom. The Bertz CT molecular complexity index is 1160. The van der Waals surface area contributed by atoms with Crippen LogP contribution in [0, 0.1) is 11.3 Å². The van der Waals surface area contributed by atoms with Crippen LogP contribution in [0.4, 0.5) is 4.79 Å². The van der Waals surface area contributed by atoms with E-state index in [4.69, 9.17) is 17.0 Å². The van der Waals surface area contributed by atoms with Crippen LogP contribution in [0.15, 0.2) is 48.5 Å². The second-order valence-electron chi connectivity index (χ2n) is 10.5. The second-order valence-corrected chi connectivity index (χ2v) is 10.9. The fourth-order valence-electron chi connectivity index (χ4n) is 5.71. The van der Waals surface area contributed by atoms with Crippen molar-refractivity contribution in [3.05, 3.63) is 59.1 Å². The van der Waals surface area contributed by atoms with Gasteiger partial charge in [0.25, 0.3) is 5.91 Å². The van der Waals surface area contributed by atoms with Gasteiger partial charge in [-0.25, -0.2) is 4.79 Å². The van der Waals surface area contributed by atoms with E-state index in [-0.39, 0.29) is 29.9 Å². The largest absolute Gasteiger partial charge is 0.338 e. The van der Waals surface area contributed by atoms with E-state index in [1.807, 2.05) is 60.4 Å². The normalized spacial score (nSPS) is 24.8. The Morgan fingerprint density at radius 1 is 1.11 bits per heavy atom. The molecule has 36 heavy (non-hydrogen) atoms. The van der Waals surface area contributed by atoms with Crippen molar-refractivity contribution in [3.63, 3.8) is 0 Å². The molecular formula is C28H34ClN5O2. The molecule has 0 bridgehead atoms. The summed E-state index contributed by atoms with van der Waals surface area (Å²) in [7, 11) is 0. The van der Waals surface area contributed by atoms with Gasteiger partial charge in [-0.05, 0) is 67.0 Å². The highest BCUT2D eigenvalue weighted by molar-refractivity contribution is 6.30. The van der Waals surface area contributed by atoms with E-state index in [0.29, 0.717) is 24.7 Å². The van der Waals surface area contributed by atoms with Crippen molar-refractivity contribution in [2.75, 3.05) is 19.6 Å². The van der Waals surface area contributed by atoms with Gasteiger partial charge in [0.2, 0.25) is 0 Å². The van der Waals surface area contributed by atoms with Crippen LogP contribution in [0.1, 0.15) is 51.0 Å². The van der Waals surface area contributed by atoms with Crippen molar-refractivity contribution >= 4 is 29.5 Å². The van der Waals surface area contributed by atoms with E-state index < -0.39 is 5.54 Å². The summed E-state index contributed by atoms with van der Waals surface area (Å²) in [5.74, 6) is 0.120. The average Bonchev–Trinajstić information content (AvgIpc) is 3.44. The standard InChI is InChI=1S/C28H34ClN5O2/c1-28(22-9-5-7-20(15-22)21-8-6-10-23(29)16-21)25(35)34(26(30)32-28)18-19-13-14-33(17-19)27(36)31-24-11-3-2-4-12-24/h5-10,15-16,19,24H,2-4,11-14,17-18H2,1H3,(H2,30,32)(H,31,36)/t19-,28?/m1/s1. The SMILES string of the molecule is CC1(c2cccc(-c3cccc(Cl)c3)c2)NC(=N)N(C[C@@H]2CCN(C(=O)NC3CCCCC3)C2)C1=O. The lowest BCUT2D eigenvalue weighted by atomic mass is 9.89. The highest BCUT2D eigenvalue weighted by Gasteiger charge is 2.48. The number of hydrogen-bond donors (Lipinski definition) is 3. The van der Waals surface area contributed by atoms with Crippen molar-refractivity contribution in [1.29, 1.82) is 5.41 Å². The highest BCUT2D eigenvalue weighted by atomic mass is 35.5. The summed E-state index contributed by atoms with van der Waals surface area (Å²) in [5, 5.41) is 15.5. The molecule has 2 heterocycles. The number of amides is 3. The Labute approximate surface area is 217 Å². The second kappa shape index (κ2) is 10.1. The van der Waals surface area contributed by atoms with Crippen LogP contribution in [0.25, 0.3) is 11.1 Å². The third-order valence-electron chi connectivity index (χ3n) is 7.86. The first kappa shape index (κ1) is 24.6. The number of nitrogens with zero attached hydrogens (tertiary/aromatic N) is 2. The van der Waals surface area contributed by atoms with E-state index in [0.717, 1.165) is 36.0 Å². The summed E-state index contributed by atoms with van der Waals surface area (Å²) in [6.07, 6.45) is 6.57. The number of urea groups is 1. The third kappa shape index (κ3) is 4.94. The molecule has 1 saturated carbocycles. The van der Waals surface area contributed by atoms with Gasteiger partial charge in [-0.3, -0.25) is 15.1 Å². The maximum atomic E-state index is 13.6. The van der Waals surface area contributed by atoms with Crippen molar-refractivity contribution < 1.29 is 9.59 Å². The summed E-state index contributed by atoms with van der Waals surface area (Å²) in [6, 6.07) is 15.7. The lowest BCUT2D eigenvalue weighted by Gasteiger charge is -2.26. The zero-order chi connectivity index (χ0) is 25.3. The van der Waals surface area contributed by atoms with Gasteiger partial charge in [0.1, 0.15) is 5.54 Å². The van der Waals surface area contributed by atoms with Gasteiger partial charge in [0.05, 0.1) is 0 Å². The summed E-state index contributed by atoms with van der Waals surface area (Å²) >= 11 is 6.18. The molecule has 2 aromatic rings. The number of rotatable bonds is 5. The molecule has 2 atom stereocenters. The Hall–Kier alpha value is -3.06. The molecule has 3 aliphatic rings. The fourth-order valence-corrected chi connectivity index (χ4v) is 5.90. The zero-order valence-electron chi connectivity index (χ0n) is 20.7. The highest BCUT2D eigenvalue weighted by Crippen LogP contribution is 2.33. The molecule has 3 amide bonds. The maximum absolute atomic E-state index is 13.6. The topological polar surface area (TPSA) is 88.5 Å². The molecule has 2 saturated heterocycles. The molecule has 1 aliphatic carbocycles. The van der Waals surface area contributed by atoms with Crippen LogP contribution < -0.4 is 10.6 Å². The summed E-state index contributed by atoms with van der Waals surface area (Å²) in [4.78, 5) is 29.8. The molecule has 3 fully saturated rings. The summed E-state index contributed by atoms with van der Waals surface area (Å²) in [5.41, 5.74) is 1.72. The number of carbonyl (C=O) groups excluding carboxylic acids is 2. The van der Waals surface area contributed by atoms with Gasteiger partial charge >= 0.3 is 6.03 Å². The average molecular weight is 508 g/mol. The van der Waals surface area contributed by atoms with Gasteiger partial charge in [0.15, 0.2) is 5.96 Å². The Kier molecular flexibility index (Phi) is 6.93. The van der Waals surface area contributed by atoms with Crippen LogP contribution in [-0.2, 0) is 10.3 Å². The molecule has 8 heteroatoms. The van der Waals surface area contributed by atoms with Gasteiger partial charge in [-0.1, -0.05) is 61.2 Å². The molecule has 190 valence electrons. The van der Waals surface area contributed by atoms with Crippen molar-refractivity contribution in [2.45, 2.75) is 57.0 Å². The molecule has 0 aromatic heterocycles. The first-order valence-electron chi connectivity index (χ1n) is 12.9. The molecule has 3 N–H and O–H groups in total. The quantitative estimate of drug-likeness (QED) is 0.534. The summed E-state index contributed by atoms with van der Waals surface area (Å²) in [6.45, 7) is 3.56. The molecule has 2 aromatic carbocycles. The van der Waals surface area contributed by atoms with Crippen LogP contribution in [0.5, 0.6) is 0 Å². The Balaban J connectivity index is 1.24. The number of nitrogens with one attached hydrogen (secondary N) is 3. The first-order valence-corrected chi connectivity index (χ1v) is 13.3. The van der Waals surface area contributed by atoms with E-state index in [9.17, 15) is 9.59 Å². The number of carbonyl (C=O) groups is 2. The Morgan fingerprint density at radius 2 is 1.83 bits per heavy atom. The van der Waals surface area contributed by atoms with E-state index in [2.05, 4.69) is 10.6 Å². The number of guanidine groups is 1. The number of likely N-dealkylation sites (tertiary alicyclic amines) is 1. The predicted octanol–water partition coefficient (Wildman–Crippen LogP) is 4.95. The molecule has 5 rings (SSSR count). The maximum Gasteiger partial charge on any atom is 0.317 e. The molecule has 2 aliphatic heterocycles. The van der Waals surface area contributed by atoms with E-state index >= 15 is 0 Å². The minimum atomic E-state index is -1.03. The zero-order valence-corrected chi connectivity index (χ0v) is 21.5. The van der Waals surface area contributed by atoms with Gasteiger partial charge in [0, 0.05) is 30.7 Å². The molecular weight excluding hydrogens is 474 g/mol. The number of halogens is 1. The van der Waals surface area contributed by atoms with E-state index in [1.165, 1.54) is 19.3 Å². The monoisotopic (exact) mass is 507 g/mol. The molecule has 0 radical (unpaired) electrons. The van der Waals surface area contributed by atoms with Crippen LogP contribution in [0.3, 0.4) is 0 Å². The van der Waals surface area contributed by atoms with Crippen molar-refractivity contribution in [3.8, 4) is 11.1 Å². The lowest BCUT2D eigenvalue weighted by Crippen LogP contribution is -2.45. The van der Waals surface area contributed by atoms with Crippen molar-refractivity contribution in [2.24, 2.45) is 5.92 Å². The lowest BCUT2D eigenvalue weighted by molar-refractivity contribution is -0.131. The van der Waals surface area contributed by atoms with Crippen LogP contribution in [-0.4, -0.2) is 53.4 Å². The molecule has 1 unspecified atom stereocenters. The van der Waals surface area contributed by atoms with E-state index in [1.54, 1.807) is 4.90 Å². The first-order chi connectivity index (χ1) is 17.3. The van der Waals surface area contributed by atoms with Crippen LogP contribution >= 0.6 is 11.6 Å². The van der Waals surface area contributed by atoms with Gasteiger partial charge < -0.3 is 15.5 Å². The third-order valence-corrected chi connectivity index (χ3v) is 8.09. The smallest absolute Gasteiger partial charge is 0.317 e. The van der Waals surface area contributed by atoms with Gasteiger partial charge in [-0.2, -0.15) is 0 Å². The predicted molar refractivity (Wildman–Crippen MR) is 142 cm³/mol. The summed E-state index contributed by atoms with van der Waals surface area (Å²) < 4.78 is 0. The minimum absolute atomic E-state index is 0.00742.